The quantitative estimate of drug-likeness (QED) is 0.825. The Balaban J connectivity index is 1.51. The van der Waals surface area contributed by atoms with Crippen molar-refractivity contribution in [3.8, 4) is 0 Å². The molecule has 0 spiro atoms. The number of hydrogen-bond donors (Lipinski definition) is 2. The zero-order chi connectivity index (χ0) is 16.9. The molecule has 0 aromatic rings. The average molecular weight is 340 g/mol. The Labute approximate surface area is 143 Å². The Morgan fingerprint density at radius 3 is 2.54 bits per heavy atom. The van der Waals surface area contributed by atoms with Crippen molar-refractivity contribution in [1.29, 1.82) is 0 Å². The molecule has 3 unspecified atom stereocenters. The summed E-state index contributed by atoms with van der Waals surface area (Å²) in [7, 11) is 0. The first-order valence-corrected chi connectivity index (χ1v) is 9.48. The molecule has 1 aliphatic heterocycles. The molecule has 0 bridgehead atoms. The number of ether oxygens (including phenoxy) is 1. The van der Waals surface area contributed by atoms with Crippen LogP contribution >= 0.6 is 0 Å². The van der Waals surface area contributed by atoms with Crippen molar-refractivity contribution in [3.05, 3.63) is 0 Å². The number of amides is 2. The number of halogens is 1. The van der Waals surface area contributed by atoms with Gasteiger partial charge in [-0.2, -0.15) is 0 Å². The van der Waals surface area contributed by atoms with Gasteiger partial charge >= 0.3 is 0 Å². The van der Waals surface area contributed by atoms with E-state index in [1.54, 1.807) is 0 Å². The van der Waals surface area contributed by atoms with Gasteiger partial charge in [-0.25, -0.2) is 4.39 Å². The molecule has 136 valence electrons. The van der Waals surface area contributed by atoms with Crippen molar-refractivity contribution in [2.24, 2.45) is 5.92 Å². The molecule has 6 heteroatoms. The van der Waals surface area contributed by atoms with Crippen LogP contribution in [0.2, 0.25) is 0 Å². The Morgan fingerprint density at radius 2 is 1.83 bits per heavy atom. The van der Waals surface area contributed by atoms with Crippen molar-refractivity contribution in [1.82, 2.24) is 10.6 Å². The van der Waals surface area contributed by atoms with E-state index in [0.29, 0.717) is 32.2 Å². The molecule has 2 N–H and O–H groups in total. The summed E-state index contributed by atoms with van der Waals surface area (Å²) in [5, 5.41) is 5.89. The van der Waals surface area contributed by atoms with Gasteiger partial charge in [0.25, 0.3) is 0 Å². The van der Waals surface area contributed by atoms with E-state index in [9.17, 15) is 14.0 Å². The molecule has 0 aromatic carbocycles. The molecule has 1 heterocycles. The van der Waals surface area contributed by atoms with Crippen LogP contribution in [0.1, 0.15) is 64.2 Å². The van der Waals surface area contributed by atoms with E-state index in [1.165, 1.54) is 0 Å². The Hall–Kier alpha value is -1.17. The summed E-state index contributed by atoms with van der Waals surface area (Å²) in [6.45, 7) is 0.517. The maximum Gasteiger partial charge on any atom is 0.226 e. The van der Waals surface area contributed by atoms with Crippen molar-refractivity contribution in [2.75, 3.05) is 6.54 Å². The van der Waals surface area contributed by atoms with Gasteiger partial charge in [0.05, 0.1) is 18.1 Å². The van der Waals surface area contributed by atoms with E-state index in [-0.39, 0.29) is 36.0 Å². The number of alkyl halides is 1. The fourth-order valence-corrected chi connectivity index (χ4v) is 4.13. The predicted octanol–water partition coefficient (Wildman–Crippen LogP) is 2.24. The van der Waals surface area contributed by atoms with Gasteiger partial charge in [-0.3, -0.25) is 9.59 Å². The predicted molar refractivity (Wildman–Crippen MR) is 88.2 cm³/mol. The third kappa shape index (κ3) is 4.68. The fraction of sp³-hybridized carbons (Fsp3) is 0.889. The molecule has 3 aliphatic rings. The molecule has 0 aromatic heterocycles. The summed E-state index contributed by atoms with van der Waals surface area (Å²) >= 11 is 0. The van der Waals surface area contributed by atoms with Crippen LogP contribution in [-0.2, 0) is 14.3 Å². The van der Waals surface area contributed by atoms with Gasteiger partial charge in [0.1, 0.15) is 6.17 Å². The lowest BCUT2D eigenvalue weighted by Gasteiger charge is -2.36. The topological polar surface area (TPSA) is 67.4 Å². The number of piperidine rings is 1. The molecule has 3 rings (SSSR count). The van der Waals surface area contributed by atoms with E-state index in [4.69, 9.17) is 4.74 Å². The second kappa shape index (κ2) is 8.28. The summed E-state index contributed by atoms with van der Waals surface area (Å²) in [6.07, 6.45) is 7.15. The molecule has 2 amide bonds. The molecule has 3 atom stereocenters. The van der Waals surface area contributed by atoms with Gasteiger partial charge in [-0.1, -0.05) is 12.8 Å². The maximum absolute atomic E-state index is 13.3. The summed E-state index contributed by atoms with van der Waals surface area (Å²) in [5.74, 6) is 0.00217. The largest absolute Gasteiger partial charge is 0.374 e. The third-order valence-corrected chi connectivity index (χ3v) is 5.62. The number of carbonyl (C=O) groups excluding carboxylic acids is 2. The molecule has 3 fully saturated rings. The van der Waals surface area contributed by atoms with Crippen LogP contribution in [0, 0.1) is 5.92 Å². The zero-order valence-electron chi connectivity index (χ0n) is 14.3. The van der Waals surface area contributed by atoms with Crippen molar-refractivity contribution < 1.29 is 18.7 Å². The van der Waals surface area contributed by atoms with Crippen molar-refractivity contribution >= 4 is 11.8 Å². The van der Waals surface area contributed by atoms with Gasteiger partial charge < -0.3 is 15.4 Å². The Bertz CT molecular complexity index is 442. The Morgan fingerprint density at radius 1 is 1.08 bits per heavy atom. The van der Waals surface area contributed by atoms with E-state index in [2.05, 4.69) is 10.6 Å². The van der Waals surface area contributed by atoms with E-state index in [1.807, 2.05) is 0 Å². The highest BCUT2D eigenvalue weighted by atomic mass is 19.1. The SMILES string of the molecule is O=C1CCC(NC(=O)C2CCCCC2OC2CCC(F)CC2)CN1. The standard InChI is InChI=1S/C18H29FN2O3/c19-12-5-8-14(9-6-12)24-16-4-2-1-3-15(16)18(23)21-13-7-10-17(22)20-11-13/h12-16H,1-11H2,(H,20,22)(H,21,23). The second-order valence-electron chi connectivity index (χ2n) is 7.49. The summed E-state index contributed by atoms with van der Waals surface area (Å²) in [5.41, 5.74) is 0. The van der Waals surface area contributed by atoms with Crippen LogP contribution in [0.4, 0.5) is 4.39 Å². The first-order valence-electron chi connectivity index (χ1n) is 9.48. The minimum absolute atomic E-state index is 0.0275. The lowest BCUT2D eigenvalue weighted by Crippen LogP contribution is -2.51. The monoisotopic (exact) mass is 340 g/mol. The molecule has 1 saturated heterocycles. The molecule has 2 aliphatic carbocycles. The highest BCUT2D eigenvalue weighted by Crippen LogP contribution is 2.32. The third-order valence-electron chi connectivity index (χ3n) is 5.62. The zero-order valence-corrected chi connectivity index (χ0v) is 14.3. The van der Waals surface area contributed by atoms with E-state index < -0.39 is 6.17 Å². The highest BCUT2D eigenvalue weighted by molar-refractivity contribution is 5.81. The van der Waals surface area contributed by atoms with Crippen LogP contribution in [-0.4, -0.2) is 42.8 Å². The number of hydrogen-bond acceptors (Lipinski definition) is 3. The van der Waals surface area contributed by atoms with Crippen molar-refractivity contribution in [3.63, 3.8) is 0 Å². The number of carbonyl (C=O) groups is 2. The first kappa shape index (κ1) is 17.6. The number of rotatable bonds is 4. The van der Waals surface area contributed by atoms with Crippen LogP contribution in [0.15, 0.2) is 0 Å². The second-order valence-corrected chi connectivity index (χ2v) is 7.49. The molecule has 2 saturated carbocycles. The summed E-state index contributed by atoms with van der Waals surface area (Å²) in [6, 6.07) is 0.0275. The summed E-state index contributed by atoms with van der Waals surface area (Å²) in [4.78, 5) is 23.9. The van der Waals surface area contributed by atoms with Crippen LogP contribution in [0.3, 0.4) is 0 Å². The van der Waals surface area contributed by atoms with Crippen molar-refractivity contribution in [2.45, 2.75) is 88.6 Å². The lowest BCUT2D eigenvalue weighted by atomic mass is 9.84. The molecular formula is C18H29FN2O3. The highest BCUT2D eigenvalue weighted by Gasteiger charge is 2.35. The molecule has 5 nitrogen and oxygen atoms in total. The molecule has 24 heavy (non-hydrogen) atoms. The fourth-order valence-electron chi connectivity index (χ4n) is 4.13. The molecular weight excluding hydrogens is 311 g/mol. The average Bonchev–Trinajstić information content (AvgIpc) is 2.59. The van der Waals surface area contributed by atoms with E-state index in [0.717, 1.165) is 38.5 Å². The normalized spacial score (nSPS) is 37.5. The van der Waals surface area contributed by atoms with Gasteiger partial charge in [0.15, 0.2) is 0 Å². The Kier molecular flexibility index (Phi) is 6.09. The van der Waals surface area contributed by atoms with Gasteiger partial charge in [0, 0.05) is 19.0 Å². The minimum Gasteiger partial charge on any atom is -0.374 e. The van der Waals surface area contributed by atoms with Gasteiger partial charge in [-0.15, -0.1) is 0 Å². The van der Waals surface area contributed by atoms with Gasteiger partial charge in [-0.05, 0) is 44.9 Å². The van der Waals surface area contributed by atoms with Gasteiger partial charge in [0.2, 0.25) is 11.8 Å². The first-order chi connectivity index (χ1) is 11.6. The summed E-state index contributed by atoms with van der Waals surface area (Å²) < 4.78 is 19.5. The molecule has 0 radical (unpaired) electrons. The maximum atomic E-state index is 13.3. The van der Waals surface area contributed by atoms with Crippen LogP contribution in [0.25, 0.3) is 0 Å². The van der Waals surface area contributed by atoms with Crippen LogP contribution < -0.4 is 10.6 Å². The van der Waals surface area contributed by atoms with Crippen LogP contribution in [0.5, 0.6) is 0 Å². The van der Waals surface area contributed by atoms with E-state index >= 15 is 0 Å². The minimum atomic E-state index is -0.684. The lowest BCUT2D eigenvalue weighted by molar-refractivity contribution is -0.139. The smallest absolute Gasteiger partial charge is 0.226 e. The number of nitrogens with one attached hydrogen (secondary N) is 2.